The van der Waals surface area contributed by atoms with Gasteiger partial charge in [0.15, 0.2) is 6.20 Å². The van der Waals surface area contributed by atoms with Gasteiger partial charge in [0.2, 0.25) is 5.69 Å². The largest absolute Gasteiger partial charge is 0.239 e. The summed E-state index contributed by atoms with van der Waals surface area (Å²) in [5.41, 5.74) is 8.14. The van der Waals surface area contributed by atoms with Crippen LogP contribution < -0.4 is 4.57 Å². The Balaban J connectivity index is 1.70. The molecule has 4 aromatic carbocycles. The molecule has 1 aromatic heterocycles. The molecule has 166 valence electrons. The maximum atomic E-state index is 13.9. The minimum atomic E-state index is -0.289. The number of nitrogens with zero attached hydrogens (tertiary/aromatic N) is 2. The van der Waals surface area contributed by atoms with Gasteiger partial charge in [0.1, 0.15) is 30.1 Å². The lowest BCUT2D eigenvalue weighted by molar-refractivity contribution is -0.659. The average molecular weight is 450 g/mol. The van der Waals surface area contributed by atoms with E-state index in [1.54, 1.807) is 18.2 Å². The Labute approximate surface area is 197 Å². The molecule has 2 nitrogen and oxygen atoms in total. The third kappa shape index (κ3) is 4.23. The lowest BCUT2D eigenvalue weighted by atomic mass is 9.97. The molecule has 0 bridgehead atoms. The van der Waals surface area contributed by atoms with E-state index in [2.05, 4.69) is 36.4 Å². The second-order valence-corrected chi connectivity index (χ2v) is 8.34. The summed E-state index contributed by atoms with van der Waals surface area (Å²) in [5.74, 6) is -0.558. The Kier molecular flexibility index (Phi) is 5.72. The summed E-state index contributed by atoms with van der Waals surface area (Å²) in [5, 5.41) is 0. The van der Waals surface area contributed by atoms with Gasteiger partial charge in [0.25, 0.3) is 0 Å². The van der Waals surface area contributed by atoms with E-state index in [9.17, 15) is 8.78 Å². The number of rotatable bonds is 4. The smallest absolute Gasteiger partial charge is 0.234 e. The highest BCUT2D eigenvalue weighted by Gasteiger charge is 2.23. The van der Waals surface area contributed by atoms with Crippen LogP contribution in [0.2, 0.25) is 0 Å². The fraction of sp³-hybridized carbons (Fsp3) is 0.0667. The topological polar surface area (TPSA) is 16.8 Å². The van der Waals surface area contributed by atoms with E-state index in [-0.39, 0.29) is 11.6 Å². The van der Waals surface area contributed by atoms with Gasteiger partial charge in [-0.1, -0.05) is 54.6 Å². The zero-order valence-electron chi connectivity index (χ0n) is 19.0. The van der Waals surface area contributed by atoms with Crippen LogP contribution in [0.5, 0.6) is 0 Å². The van der Waals surface area contributed by atoms with Crippen LogP contribution in [0, 0.1) is 18.6 Å². The minimum Gasteiger partial charge on any atom is -0.234 e. The quantitative estimate of drug-likeness (QED) is 0.266. The van der Waals surface area contributed by atoms with E-state index in [0.29, 0.717) is 0 Å². The van der Waals surface area contributed by atoms with Gasteiger partial charge >= 0.3 is 0 Å². The van der Waals surface area contributed by atoms with Gasteiger partial charge < -0.3 is 0 Å². The fourth-order valence-electron chi connectivity index (χ4n) is 4.24. The lowest BCUT2D eigenvalue weighted by Gasteiger charge is -2.12. The van der Waals surface area contributed by atoms with Crippen molar-refractivity contribution in [3.05, 3.63) is 120 Å². The van der Waals surface area contributed by atoms with Gasteiger partial charge in [-0.05, 0) is 66.1 Å². The standard InChI is InChI=1S/C30H23F2N2/c1-20-18-26(32)16-17-27(20)30-29(24-10-8-22(9-11-24)21-6-4-3-5-7-21)33-28(19-34(30)2)23-12-14-25(31)15-13-23/h3-19H,1-2H3/q+1. The number of aromatic nitrogens is 2. The van der Waals surface area contributed by atoms with Crippen molar-refractivity contribution in [1.82, 2.24) is 4.98 Å². The molecule has 0 unspecified atom stereocenters. The molecular formula is C30H23F2N2+. The molecule has 0 radical (unpaired) electrons. The summed E-state index contributed by atoms with van der Waals surface area (Å²) < 4.78 is 29.4. The highest BCUT2D eigenvalue weighted by molar-refractivity contribution is 5.80. The third-order valence-electron chi connectivity index (χ3n) is 5.97. The predicted octanol–water partition coefficient (Wildman–Crippen LogP) is 7.16. The van der Waals surface area contributed by atoms with Crippen LogP contribution in [-0.2, 0) is 7.05 Å². The van der Waals surface area contributed by atoms with Crippen LogP contribution in [0.4, 0.5) is 8.78 Å². The molecule has 0 fully saturated rings. The summed E-state index contributed by atoms with van der Waals surface area (Å²) in [6, 6.07) is 29.6. The molecule has 34 heavy (non-hydrogen) atoms. The van der Waals surface area contributed by atoms with E-state index in [1.807, 2.05) is 42.9 Å². The van der Waals surface area contributed by atoms with E-state index in [1.165, 1.54) is 24.3 Å². The number of hydrogen-bond acceptors (Lipinski definition) is 1. The maximum Gasteiger partial charge on any atom is 0.239 e. The first-order valence-electron chi connectivity index (χ1n) is 11.1. The maximum absolute atomic E-state index is 13.9. The Bertz CT molecular complexity index is 1460. The Morgan fingerprint density at radius 1 is 0.647 bits per heavy atom. The molecule has 0 amide bonds. The molecule has 0 N–H and O–H groups in total. The molecule has 0 aliphatic carbocycles. The molecule has 5 aromatic rings. The Morgan fingerprint density at radius 2 is 1.24 bits per heavy atom. The second kappa shape index (κ2) is 8.99. The van der Waals surface area contributed by atoms with Gasteiger partial charge in [0, 0.05) is 11.1 Å². The summed E-state index contributed by atoms with van der Waals surface area (Å²) in [4.78, 5) is 5.01. The second-order valence-electron chi connectivity index (χ2n) is 8.34. The lowest BCUT2D eigenvalue weighted by Crippen LogP contribution is -2.32. The Hall–Kier alpha value is -4.18. The van der Waals surface area contributed by atoms with Gasteiger partial charge in [-0.25, -0.2) is 13.8 Å². The summed E-state index contributed by atoms with van der Waals surface area (Å²) in [7, 11) is 1.95. The SMILES string of the molecule is Cc1cc(F)ccc1-c1c(-c2ccc(-c3ccccc3)cc2)nc(-c2ccc(F)cc2)c[n+]1C. The molecule has 0 aliphatic heterocycles. The number of hydrogen-bond donors (Lipinski definition) is 0. The van der Waals surface area contributed by atoms with E-state index in [4.69, 9.17) is 4.98 Å². The van der Waals surface area contributed by atoms with Gasteiger partial charge in [-0.3, -0.25) is 0 Å². The summed E-state index contributed by atoms with van der Waals surface area (Å²) >= 11 is 0. The van der Waals surface area contributed by atoms with Gasteiger partial charge in [-0.15, -0.1) is 0 Å². The van der Waals surface area contributed by atoms with E-state index in [0.717, 1.165) is 50.5 Å². The molecule has 0 spiro atoms. The van der Waals surface area contributed by atoms with Crippen molar-refractivity contribution >= 4 is 0 Å². The monoisotopic (exact) mass is 449 g/mol. The summed E-state index contributed by atoms with van der Waals surface area (Å²) in [6.07, 6.45) is 1.92. The van der Waals surface area contributed by atoms with Crippen molar-refractivity contribution in [2.75, 3.05) is 0 Å². The van der Waals surface area contributed by atoms with Crippen LogP contribution in [-0.4, -0.2) is 4.98 Å². The molecule has 0 atom stereocenters. The zero-order valence-corrected chi connectivity index (χ0v) is 19.0. The average Bonchev–Trinajstić information content (AvgIpc) is 2.85. The van der Waals surface area contributed by atoms with Crippen molar-refractivity contribution in [2.24, 2.45) is 7.05 Å². The highest BCUT2D eigenvalue weighted by atomic mass is 19.1. The molecule has 0 aliphatic rings. The van der Waals surface area contributed by atoms with E-state index >= 15 is 0 Å². The van der Waals surface area contributed by atoms with Crippen molar-refractivity contribution in [3.63, 3.8) is 0 Å². The first-order valence-corrected chi connectivity index (χ1v) is 11.1. The van der Waals surface area contributed by atoms with Crippen molar-refractivity contribution in [2.45, 2.75) is 6.92 Å². The summed E-state index contributed by atoms with van der Waals surface area (Å²) in [6.45, 7) is 1.90. The van der Waals surface area contributed by atoms with Crippen molar-refractivity contribution in [3.8, 4) is 44.9 Å². The first-order chi connectivity index (χ1) is 16.5. The van der Waals surface area contributed by atoms with Crippen molar-refractivity contribution < 1.29 is 13.3 Å². The fourth-order valence-corrected chi connectivity index (χ4v) is 4.24. The molecule has 4 heteroatoms. The first kappa shape index (κ1) is 21.7. The van der Waals surface area contributed by atoms with E-state index < -0.39 is 0 Å². The van der Waals surface area contributed by atoms with Crippen LogP contribution in [0.25, 0.3) is 44.9 Å². The van der Waals surface area contributed by atoms with Gasteiger partial charge in [0.05, 0.1) is 5.56 Å². The zero-order chi connectivity index (χ0) is 23.7. The molecule has 5 rings (SSSR count). The predicted molar refractivity (Wildman–Crippen MR) is 132 cm³/mol. The number of aryl methyl sites for hydroxylation is 2. The molecule has 0 saturated carbocycles. The van der Waals surface area contributed by atoms with Gasteiger partial charge in [-0.2, -0.15) is 4.57 Å². The van der Waals surface area contributed by atoms with Crippen LogP contribution in [0.3, 0.4) is 0 Å². The van der Waals surface area contributed by atoms with Crippen LogP contribution >= 0.6 is 0 Å². The van der Waals surface area contributed by atoms with Crippen LogP contribution in [0.15, 0.2) is 103 Å². The molecule has 1 heterocycles. The number of benzene rings is 4. The number of halogens is 2. The van der Waals surface area contributed by atoms with Crippen LogP contribution in [0.1, 0.15) is 5.56 Å². The third-order valence-corrected chi connectivity index (χ3v) is 5.97. The van der Waals surface area contributed by atoms with Crippen molar-refractivity contribution in [1.29, 1.82) is 0 Å². The minimum absolute atomic E-state index is 0.270. The molecular weight excluding hydrogens is 426 g/mol. The normalized spacial score (nSPS) is 10.9. The Morgan fingerprint density at radius 3 is 1.91 bits per heavy atom. The highest BCUT2D eigenvalue weighted by Crippen LogP contribution is 2.33. The molecule has 0 saturated heterocycles.